The normalized spacial score (nSPS) is 16.1. The van der Waals surface area contributed by atoms with Crippen LogP contribution in [0.3, 0.4) is 0 Å². The molecule has 0 N–H and O–H groups in total. The molecule has 1 aliphatic rings. The van der Waals surface area contributed by atoms with Gasteiger partial charge in [-0.15, -0.1) is 0 Å². The monoisotopic (exact) mass is 123 g/mol. The Labute approximate surface area is 53.9 Å². The molecule has 48 valence electrons. The zero-order valence-corrected chi connectivity index (χ0v) is 5.48. The summed E-state index contributed by atoms with van der Waals surface area (Å²) in [5, 5.41) is 3.86. The molecule has 2 nitrogen and oxygen atoms in total. The number of aromatic nitrogens is 1. The average Bonchev–Trinajstić information content (AvgIpc) is 2.35. The molecule has 0 fully saturated rings. The summed E-state index contributed by atoms with van der Waals surface area (Å²) in [6, 6.07) is 0. The first kappa shape index (κ1) is 5.03. The standard InChI is InChI=1S/C7H9NO/c1-5-6-3-2-4-7(6)9-8-5/h2-4H2,1H3. The van der Waals surface area contributed by atoms with Crippen LogP contribution >= 0.6 is 0 Å². The fourth-order valence-corrected chi connectivity index (χ4v) is 1.38. The SMILES string of the molecule is Cc1noc2c1CCC2. The summed E-state index contributed by atoms with van der Waals surface area (Å²) in [6.45, 7) is 2.01. The Morgan fingerprint density at radius 2 is 2.33 bits per heavy atom. The average molecular weight is 123 g/mol. The van der Waals surface area contributed by atoms with Gasteiger partial charge in [0.2, 0.25) is 0 Å². The van der Waals surface area contributed by atoms with Gasteiger partial charge in [-0.3, -0.25) is 0 Å². The van der Waals surface area contributed by atoms with Gasteiger partial charge in [-0.1, -0.05) is 5.16 Å². The zero-order chi connectivity index (χ0) is 6.27. The minimum atomic E-state index is 1.09. The Kier molecular flexibility index (Phi) is 0.891. The smallest absolute Gasteiger partial charge is 0.140 e. The fraction of sp³-hybridized carbons (Fsp3) is 0.571. The molecule has 0 aliphatic heterocycles. The molecule has 1 aliphatic carbocycles. The molecule has 1 heterocycles. The molecule has 0 saturated carbocycles. The lowest BCUT2D eigenvalue weighted by Gasteiger charge is -1.82. The summed E-state index contributed by atoms with van der Waals surface area (Å²) in [6.07, 6.45) is 3.51. The van der Waals surface area contributed by atoms with Crippen molar-refractivity contribution in [3.8, 4) is 0 Å². The van der Waals surface area contributed by atoms with Crippen molar-refractivity contribution < 1.29 is 4.52 Å². The van der Waals surface area contributed by atoms with Crippen LogP contribution in [0.25, 0.3) is 0 Å². The molecule has 0 radical (unpaired) electrons. The number of aryl methyl sites for hydroxylation is 2. The highest BCUT2D eigenvalue weighted by atomic mass is 16.5. The van der Waals surface area contributed by atoms with E-state index in [0.717, 1.165) is 17.9 Å². The van der Waals surface area contributed by atoms with Gasteiger partial charge in [-0.2, -0.15) is 0 Å². The first-order valence-electron chi connectivity index (χ1n) is 3.32. The van der Waals surface area contributed by atoms with Crippen LogP contribution in [0.5, 0.6) is 0 Å². The molecule has 2 rings (SSSR count). The summed E-state index contributed by atoms with van der Waals surface area (Å²) < 4.78 is 5.06. The van der Waals surface area contributed by atoms with Gasteiger partial charge >= 0.3 is 0 Å². The van der Waals surface area contributed by atoms with Crippen LogP contribution in [0.2, 0.25) is 0 Å². The van der Waals surface area contributed by atoms with Gasteiger partial charge in [-0.05, 0) is 19.8 Å². The summed E-state index contributed by atoms with van der Waals surface area (Å²) >= 11 is 0. The van der Waals surface area contributed by atoms with Gasteiger partial charge in [-0.25, -0.2) is 0 Å². The van der Waals surface area contributed by atoms with Gasteiger partial charge in [0.25, 0.3) is 0 Å². The molecule has 0 bridgehead atoms. The number of hydrogen-bond donors (Lipinski definition) is 0. The van der Waals surface area contributed by atoms with Gasteiger partial charge in [0.15, 0.2) is 0 Å². The highest BCUT2D eigenvalue weighted by molar-refractivity contribution is 5.25. The van der Waals surface area contributed by atoms with E-state index in [9.17, 15) is 0 Å². The van der Waals surface area contributed by atoms with Crippen molar-refractivity contribution >= 4 is 0 Å². The molecule has 1 aromatic heterocycles. The maximum atomic E-state index is 5.06. The molecular weight excluding hydrogens is 114 g/mol. The third kappa shape index (κ3) is 0.590. The second kappa shape index (κ2) is 1.59. The highest BCUT2D eigenvalue weighted by Gasteiger charge is 2.17. The van der Waals surface area contributed by atoms with Crippen molar-refractivity contribution in [1.82, 2.24) is 5.16 Å². The van der Waals surface area contributed by atoms with Gasteiger partial charge in [0, 0.05) is 12.0 Å². The van der Waals surface area contributed by atoms with Crippen LogP contribution in [0.1, 0.15) is 23.4 Å². The summed E-state index contributed by atoms with van der Waals surface area (Å²) in [5.41, 5.74) is 2.44. The minimum Gasteiger partial charge on any atom is -0.361 e. The Hall–Kier alpha value is -0.790. The third-order valence-corrected chi connectivity index (χ3v) is 1.90. The molecular formula is C7H9NO. The first-order chi connectivity index (χ1) is 4.38. The molecule has 0 atom stereocenters. The number of hydrogen-bond acceptors (Lipinski definition) is 2. The van der Waals surface area contributed by atoms with Crippen molar-refractivity contribution in [2.75, 3.05) is 0 Å². The predicted octanol–water partition coefficient (Wildman–Crippen LogP) is 1.47. The van der Waals surface area contributed by atoms with E-state index in [4.69, 9.17) is 4.52 Å². The van der Waals surface area contributed by atoms with Crippen molar-refractivity contribution in [1.29, 1.82) is 0 Å². The molecule has 9 heavy (non-hydrogen) atoms. The van der Waals surface area contributed by atoms with Crippen LogP contribution in [0.15, 0.2) is 4.52 Å². The molecule has 0 unspecified atom stereocenters. The Morgan fingerprint density at radius 1 is 1.44 bits per heavy atom. The van der Waals surface area contributed by atoms with Crippen molar-refractivity contribution in [3.05, 3.63) is 17.0 Å². The third-order valence-electron chi connectivity index (χ3n) is 1.90. The van der Waals surface area contributed by atoms with Crippen LogP contribution in [0.4, 0.5) is 0 Å². The van der Waals surface area contributed by atoms with Crippen molar-refractivity contribution in [2.24, 2.45) is 0 Å². The van der Waals surface area contributed by atoms with E-state index in [-0.39, 0.29) is 0 Å². The van der Waals surface area contributed by atoms with E-state index in [1.54, 1.807) is 0 Å². The second-order valence-electron chi connectivity index (χ2n) is 2.52. The lowest BCUT2D eigenvalue weighted by atomic mass is 10.2. The highest BCUT2D eigenvalue weighted by Crippen LogP contribution is 2.23. The number of nitrogens with zero attached hydrogens (tertiary/aromatic N) is 1. The van der Waals surface area contributed by atoms with Gasteiger partial charge in [0.05, 0.1) is 5.69 Å². The Balaban J connectivity index is 2.56. The van der Waals surface area contributed by atoms with E-state index in [1.165, 1.54) is 18.4 Å². The van der Waals surface area contributed by atoms with E-state index in [2.05, 4.69) is 5.16 Å². The predicted molar refractivity (Wildman–Crippen MR) is 33.3 cm³/mol. The maximum absolute atomic E-state index is 5.06. The van der Waals surface area contributed by atoms with Crippen LogP contribution < -0.4 is 0 Å². The summed E-state index contributed by atoms with van der Waals surface area (Å²) in [4.78, 5) is 0. The minimum absolute atomic E-state index is 1.09. The Bertz CT molecular complexity index is 227. The molecule has 0 aromatic carbocycles. The quantitative estimate of drug-likeness (QED) is 0.522. The second-order valence-corrected chi connectivity index (χ2v) is 2.52. The van der Waals surface area contributed by atoms with E-state index >= 15 is 0 Å². The van der Waals surface area contributed by atoms with Crippen LogP contribution in [-0.2, 0) is 12.8 Å². The van der Waals surface area contributed by atoms with Gasteiger partial charge < -0.3 is 4.52 Å². The topological polar surface area (TPSA) is 26.0 Å². The summed E-state index contributed by atoms with van der Waals surface area (Å²) in [5.74, 6) is 1.12. The molecule has 0 saturated heterocycles. The zero-order valence-electron chi connectivity index (χ0n) is 5.48. The lowest BCUT2D eigenvalue weighted by molar-refractivity contribution is 0.382. The fourth-order valence-electron chi connectivity index (χ4n) is 1.38. The molecule has 2 heteroatoms. The largest absolute Gasteiger partial charge is 0.361 e. The van der Waals surface area contributed by atoms with Crippen LogP contribution in [0, 0.1) is 6.92 Å². The first-order valence-corrected chi connectivity index (χ1v) is 3.32. The van der Waals surface area contributed by atoms with Crippen molar-refractivity contribution in [2.45, 2.75) is 26.2 Å². The van der Waals surface area contributed by atoms with Crippen molar-refractivity contribution in [3.63, 3.8) is 0 Å². The van der Waals surface area contributed by atoms with E-state index < -0.39 is 0 Å². The van der Waals surface area contributed by atoms with Crippen LogP contribution in [-0.4, -0.2) is 5.16 Å². The number of fused-ring (bicyclic) bond motifs is 1. The molecule has 1 aromatic rings. The Morgan fingerprint density at radius 3 is 3.11 bits per heavy atom. The van der Waals surface area contributed by atoms with E-state index in [1.807, 2.05) is 6.92 Å². The molecule has 0 amide bonds. The lowest BCUT2D eigenvalue weighted by Crippen LogP contribution is -1.78. The summed E-state index contributed by atoms with van der Waals surface area (Å²) in [7, 11) is 0. The maximum Gasteiger partial charge on any atom is 0.140 e. The van der Waals surface area contributed by atoms with E-state index in [0.29, 0.717) is 0 Å². The molecule has 0 spiro atoms. The number of rotatable bonds is 0. The van der Waals surface area contributed by atoms with Gasteiger partial charge in [0.1, 0.15) is 5.76 Å².